The molecule has 0 saturated carbocycles. The Kier molecular flexibility index (Phi) is 8.87. The number of benzene rings is 2. The van der Waals surface area contributed by atoms with Gasteiger partial charge in [-0.05, 0) is 62.1 Å². The van der Waals surface area contributed by atoms with E-state index < -0.39 is 0 Å². The fourth-order valence-electron chi connectivity index (χ4n) is 3.62. The highest BCUT2D eigenvalue weighted by molar-refractivity contribution is 7.99. The van der Waals surface area contributed by atoms with Gasteiger partial charge in [-0.25, -0.2) is 0 Å². The summed E-state index contributed by atoms with van der Waals surface area (Å²) < 4.78 is 1.90. The minimum Gasteiger partial charge on any atom is -0.342 e. The first-order chi connectivity index (χ1) is 16.7. The topological polar surface area (TPSA) is 88.9 Å². The summed E-state index contributed by atoms with van der Waals surface area (Å²) in [6, 6.07) is 13.0. The van der Waals surface area contributed by atoms with Crippen molar-refractivity contribution in [1.82, 2.24) is 20.1 Å². The number of aromatic nitrogens is 3. The van der Waals surface area contributed by atoms with Gasteiger partial charge in [0.1, 0.15) is 0 Å². The van der Waals surface area contributed by atoms with E-state index in [0.29, 0.717) is 23.1 Å². The second-order valence-corrected chi connectivity index (χ2v) is 9.88. The third-order valence-corrected chi connectivity index (χ3v) is 6.66. The molecule has 0 aliphatic carbocycles. The molecule has 0 spiro atoms. The summed E-state index contributed by atoms with van der Waals surface area (Å²) in [5, 5.41) is 15.4. The zero-order chi connectivity index (χ0) is 25.5. The van der Waals surface area contributed by atoms with Crippen LogP contribution in [0.5, 0.6) is 0 Å². The lowest BCUT2D eigenvalue weighted by atomic mass is 10.0. The number of nitrogens with zero attached hydrogens (tertiary/aromatic N) is 3. The number of amides is 2. The van der Waals surface area contributed by atoms with Gasteiger partial charge in [0.2, 0.25) is 5.91 Å². The highest BCUT2D eigenvalue weighted by atomic mass is 32.2. The van der Waals surface area contributed by atoms with Crippen LogP contribution in [0.25, 0.3) is 0 Å². The van der Waals surface area contributed by atoms with E-state index in [1.807, 2.05) is 75.6 Å². The highest BCUT2D eigenvalue weighted by Gasteiger charge is 2.26. The third kappa shape index (κ3) is 6.82. The molecule has 2 amide bonds. The van der Waals surface area contributed by atoms with Crippen LogP contribution in [0.4, 0.5) is 5.69 Å². The predicted octanol–water partition coefficient (Wildman–Crippen LogP) is 5.25. The number of thioether (sulfide) groups is 1. The Morgan fingerprint density at radius 2 is 1.86 bits per heavy atom. The number of hydrogen-bond acceptors (Lipinski definition) is 5. The maximum atomic E-state index is 12.9. The average Bonchev–Trinajstić information content (AvgIpc) is 3.20. The van der Waals surface area contributed by atoms with Gasteiger partial charge in [0.15, 0.2) is 11.0 Å². The average molecular weight is 492 g/mol. The summed E-state index contributed by atoms with van der Waals surface area (Å²) in [6.45, 7) is 14.4. The molecular formula is C27H33N5O2S. The number of rotatable bonds is 10. The molecule has 2 aromatic carbocycles. The lowest BCUT2D eigenvalue weighted by molar-refractivity contribution is -0.113. The van der Waals surface area contributed by atoms with E-state index in [-0.39, 0.29) is 29.5 Å². The van der Waals surface area contributed by atoms with Gasteiger partial charge in [0.05, 0.1) is 11.8 Å². The van der Waals surface area contributed by atoms with Gasteiger partial charge in [0, 0.05) is 17.8 Å². The van der Waals surface area contributed by atoms with Gasteiger partial charge >= 0.3 is 0 Å². The van der Waals surface area contributed by atoms with Crippen molar-refractivity contribution in [3.8, 4) is 0 Å². The molecule has 1 aromatic heterocycles. The molecule has 0 bridgehead atoms. The van der Waals surface area contributed by atoms with Crippen LogP contribution in [-0.4, -0.2) is 32.3 Å². The van der Waals surface area contributed by atoms with Crippen LogP contribution in [-0.2, 0) is 11.3 Å². The molecule has 0 fully saturated rings. The predicted molar refractivity (Wildman–Crippen MR) is 142 cm³/mol. The number of hydrogen-bond donors (Lipinski definition) is 2. The number of aryl methyl sites for hydroxylation is 3. The van der Waals surface area contributed by atoms with Gasteiger partial charge in [0.25, 0.3) is 5.91 Å². The molecule has 3 aromatic rings. The van der Waals surface area contributed by atoms with Crippen LogP contribution in [0.2, 0.25) is 0 Å². The van der Waals surface area contributed by atoms with E-state index >= 15 is 0 Å². The molecule has 0 aliphatic rings. The number of anilines is 1. The molecule has 35 heavy (non-hydrogen) atoms. The molecule has 7 nitrogen and oxygen atoms in total. The molecule has 3 rings (SSSR count). The molecule has 184 valence electrons. The van der Waals surface area contributed by atoms with Crippen LogP contribution in [0, 0.1) is 26.7 Å². The van der Waals surface area contributed by atoms with Gasteiger partial charge in [-0.1, -0.05) is 55.4 Å². The van der Waals surface area contributed by atoms with E-state index in [4.69, 9.17) is 0 Å². The van der Waals surface area contributed by atoms with E-state index in [1.165, 1.54) is 17.3 Å². The summed E-state index contributed by atoms with van der Waals surface area (Å²) in [5.74, 6) is 0.605. The number of allylic oxidation sites excluding steroid dienone is 1. The van der Waals surface area contributed by atoms with Crippen LogP contribution in [0.15, 0.2) is 60.3 Å². The standard InChI is InChI=1S/C27H33N5O2S/c1-7-13-32-25(24(17(2)3)29-26(34)21-10-8-9-18(4)14-21)30-31-27(32)35-16-23(33)28-22-12-11-19(5)20(6)15-22/h7-12,14-15,17,24H,1,13,16H2,2-6H3,(H,28,33)(H,29,34)/t24-/m1/s1. The smallest absolute Gasteiger partial charge is 0.251 e. The SMILES string of the molecule is C=CCn1c(SCC(=O)Nc2ccc(C)c(C)c2)nnc1[C@H](NC(=O)c1cccc(C)c1)C(C)C. The van der Waals surface area contributed by atoms with Crippen LogP contribution in [0.1, 0.15) is 52.8 Å². The Labute approximate surface area is 211 Å². The van der Waals surface area contributed by atoms with Crippen LogP contribution in [0.3, 0.4) is 0 Å². The Hall–Kier alpha value is -3.39. The molecule has 1 heterocycles. The number of carbonyl (C=O) groups is 2. The van der Waals surface area contributed by atoms with Gasteiger partial charge in [-0.2, -0.15) is 0 Å². The fraction of sp³-hybridized carbons (Fsp3) is 0.333. The Bertz CT molecular complexity index is 1220. The zero-order valence-corrected chi connectivity index (χ0v) is 21.8. The lowest BCUT2D eigenvalue weighted by Crippen LogP contribution is -2.34. The van der Waals surface area contributed by atoms with Crippen molar-refractivity contribution in [2.45, 2.75) is 52.4 Å². The first-order valence-corrected chi connectivity index (χ1v) is 12.6. The summed E-state index contributed by atoms with van der Waals surface area (Å²) in [6.07, 6.45) is 1.76. The first-order valence-electron chi connectivity index (χ1n) is 11.6. The van der Waals surface area contributed by atoms with Crippen molar-refractivity contribution in [3.63, 3.8) is 0 Å². The van der Waals surface area contributed by atoms with Crippen molar-refractivity contribution in [3.05, 3.63) is 83.2 Å². The Balaban J connectivity index is 1.75. The van der Waals surface area contributed by atoms with Crippen molar-refractivity contribution >= 4 is 29.3 Å². The maximum absolute atomic E-state index is 12.9. The van der Waals surface area contributed by atoms with E-state index in [9.17, 15) is 9.59 Å². The molecule has 8 heteroatoms. The zero-order valence-electron chi connectivity index (χ0n) is 21.0. The summed E-state index contributed by atoms with van der Waals surface area (Å²) in [7, 11) is 0. The molecule has 0 saturated heterocycles. The molecule has 0 radical (unpaired) electrons. The van der Waals surface area contributed by atoms with Gasteiger partial charge in [-0.3, -0.25) is 9.59 Å². The third-order valence-electron chi connectivity index (χ3n) is 5.69. The fourth-order valence-corrected chi connectivity index (χ4v) is 4.38. The largest absolute Gasteiger partial charge is 0.342 e. The molecule has 0 aliphatic heterocycles. The normalized spacial score (nSPS) is 11.8. The quantitative estimate of drug-likeness (QED) is 0.299. The Morgan fingerprint density at radius 1 is 1.09 bits per heavy atom. The summed E-state index contributed by atoms with van der Waals surface area (Å²) >= 11 is 1.31. The maximum Gasteiger partial charge on any atom is 0.251 e. The minimum absolute atomic E-state index is 0.0717. The second-order valence-electron chi connectivity index (χ2n) is 8.94. The summed E-state index contributed by atoms with van der Waals surface area (Å²) in [5.41, 5.74) is 4.69. The van der Waals surface area contributed by atoms with Gasteiger partial charge in [-0.15, -0.1) is 16.8 Å². The summed E-state index contributed by atoms with van der Waals surface area (Å²) in [4.78, 5) is 25.5. The van der Waals surface area contributed by atoms with Crippen molar-refractivity contribution in [2.24, 2.45) is 5.92 Å². The second kappa shape index (κ2) is 11.8. The first kappa shape index (κ1) is 26.2. The van der Waals surface area contributed by atoms with Crippen LogP contribution >= 0.6 is 11.8 Å². The highest BCUT2D eigenvalue weighted by Crippen LogP contribution is 2.26. The molecule has 1 atom stereocenters. The van der Waals surface area contributed by atoms with Crippen molar-refractivity contribution in [1.29, 1.82) is 0 Å². The minimum atomic E-state index is -0.353. The van der Waals surface area contributed by atoms with Crippen molar-refractivity contribution < 1.29 is 9.59 Å². The van der Waals surface area contributed by atoms with Crippen LogP contribution < -0.4 is 10.6 Å². The lowest BCUT2D eigenvalue weighted by Gasteiger charge is -2.22. The number of carbonyl (C=O) groups excluding carboxylic acids is 2. The van der Waals surface area contributed by atoms with E-state index in [2.05, 4.69) is 27.4 Å². The molecule has 0 unspecified atom stereocenters. The monoisotopic (exact) mass is 491 g/mol. The molecule has 2 N–H and O–H groups in total. The van der Waals surface area contributed by atoms with E-state index in [1.54, 1.807) is 12.1 Å². The number of nitrogens with one attached hydrogen (secondary N) is 2. The molecular weight excluding hydrogens is 458 g/mol. The van der Waals surface area contributed by atoms with Gasteiger partial charge < -0.3 is 15.2 Å². The van der Waals surface area contributed by atoms with Crippen molar-refractivity contribution in [2.75, 3.05) is 11.1 Å². The Morgan fingerprint density at radius 3 is 2.51 bits per heavy atom. The van der Waals surface area contributed by atoms with E-state index in [0.717, 1.165) is 16.8 Å².